The number of H-pyrrole nitrogens is 1. The zero-order valence-electron chi connectivity index (χ0n) is 16.5. The van der Waals surface area contributed by atoms with Gasteiger partial charge in [-0.25, -0.2) is 0 Å². The molecule has 2 aromatic rings. The smallest absolute Gasteiger partial charge is 0.243 e. The van der Waals surface area contributed by atoms with E-state index in [1.54, 1.807) is 23.6 Å². The van der Waals surface area contributed by atoms with Crippen LogP contribution in [0.3, 0.4) is 0 Å². The summed E-state index contributed by atoms with van der Waals surface area (Å²) < 4.78 is 5.61. The predicted molar refractivity (Wildman–Crippen MR) is 110 cm³/mol. The zero-order chi connectivity index (χ0) is 20.6. The molecule has 1 atom stereocenters. The summed E-state index contributed by atoms with van der Waals surface area (Å²) in [6.07, 6.45) is 1.23. The van der Waals surface area contributed by atoms with Crippen LogP contribution in [0.4, 0.5) is 0 Å². The number of hydrogen-bond donors (Lipinski definition) is 2. The van der Waals surface area contributed by atoms with Crippen molar-refractivity contribution in [2.24, 2.45) is 5.92 Å². The number of nitriles is 1. The molecule has 150 valence electrons. The lowest BCUT2D eigenvalue weighted by Gasteiger charge is -2.46. The summed E-state index contributed by atoms with van der Waals surface area (Å²) in [4.78, 5) is 14.8. The minimum atomic E-state index is -0.676. The third-order valence-corrected chi connectivity index (χ3v) is 7.00. The number of likely N-dealkylation sites (tertiary alicyclic amines) is 1. The number of fused-ring (bicyclic) bond motifs is 2. The van der Waals surface area contributed by atoms with Crippen LogP contribution in [0.2, 0.25) is 0 Å². The molecule has 1 saturated heterocycles. The first-order valence-electron chi connectivity index (χ1n) is 9.63. The lowest BCUT2D eigenvalue weighted by molar-refractivity contribution is -0.130. The van der Waals surface area contributed by atoms with E-state index < -0.39 is 11.3 Å². The van der Waals surface area contributed by atoms with Gasteiger partial charge in [0, 0.05) is 41.6 Å². The van der Waals surface area contributed by atoms with Gasteiger partial charge in [0.15, 0.2) is 0 Å². The van der Waals surface area contributed by atoms with Crippen LogP contribution < -0.4 is 4.74 Å². The second kappa shape index (κ2) is 7.56. The van der Waals surface area contributed by atoms with Crippen LogP contribution in [0, 0.1) is 29.6 Å². The Morgan fingerprint density at radius 2 is 2.10 bits per heavy atom. The molecule has 1 aromatic carbocycles. The molecule has 29 heavy (non-hydrogen) atoms. The lowest BCUT2D eigenvalue weighted by Crippen LogP contribution is -2.52. The SMILES string of the molecule is CC(=O)N1CCC2(CC1)c1c(n[nH]c1CSc1ccc(C)cc1)OC(=N)C2C#N. The van der Waals surface area contributed by atoms with Gasteiger partial charge in [0.05, 0.1) is 11.8 Å². The van der Waals surface area contributed by atoms with Crippen LogP contribution in [0.15, 0.2) is 29.2 Å². The molecular weight excluding hydrogens is 386 g/mol. The van der Waals surface area contributed by atoms with E-state index in [4.69, 9.17) is 10.1 Å². The number of carbonyl (C=O) groups is 1. The molecule has 8 heteroatoms. The molecule has 2 aliphatic heterocycles. The highest BCUT2D eigenvalue weighted by atomic mass is 32.2. The molecule has 7 nitrogen and oxygen atoms in total. The number of ether oxygens (including phenoxy) is 1. The minimum absolute atomic E-state index is 0.0399. The van der Waals surface area contributed by atoms with Crippen LogP contribution in [0.5, 0.6) is 5.88 Å². The molecule has 3 heterocycles. The summed E-state index contributed by atoms with van der Waals surface area (Å²) >= 11 is 1.69. The van der Waals surface area contributed by atoms with Gasteiger partial charge in [-0.05, 0) is 31.9 Å². The quantitative estimate of drug-likeness (QED) is 0.756. The van der Waals surface area contributed by atoms with Crippen molar-refractivity contribution in [1.82, 2.24) is 15.1 Å². The van der Waals surface area contributed by atoms with E-state index in [2.05, 4.69) is 47.5 Å². The monoisotopic (exact) mass is 409 g/mol. The Bertz CT molecular complexity index is 983. The normalized spacial score (nSPS) is 20.1. The van der Waals surface area contributed by atoms with Crippen LogP contribution >= 0.6 is 11.8 Å². The fourth-order valence-corrected chi connectivity index (χ4v) is 5.19. The third kappa shape index (κ3) is 3.40. The predicted octanol–water partition coefficient (Wildman–Crippen LogP) is 3.40. The van der Waals surface area contributed by atoms with E-state index in [1.807, 2.05) is 0 Å². The highest BCUT2D eigenvalue weighted by molar-refractivity contribution is 7.98. The number of piperidine rings is 1. The van der Waals surface area contributed by atoms with Gasteiger partial charge in [0.2, 0.25) is 17.7 Å². The Hall–Kier alpha value is -2.79. The number of nitrogens with zero attached hydrogens (tertiary/aromatic N) is 3. The standard InChI is InChI=1S/C21H23N5O2S/c1-13-3-5-15(6-4-13)29-12-17-18-20(25-24-17)28-19(23)16(11-22)21(18)7-9-26(10-8-21)14(2)27/h3-6,16,23H,7-10,12H2,1-2H3,(H,24,25). The van der Waals surface area contributed by atoms with E-state index in [1.165, 1.54) is 5.56 Å². The van der Waals surface area contributed by atoms with Crippen molar-refractivity contribution in [2.45, 2.75) is 42.8 Å². The van der Waals surface area contributed by atoms with Gasteiger partial charge < -0.3 is 9.64 Å². The summed E-state index contributed by atoms with van der Waals surface area (Å²) in [7, 11) is 0. The summed E-state index contributed by atoms with van der Waals surface area (Å²) in [6.45, 7) is 4.76. The largest absolute Gasteiger partial charge is 0.422 e. The first-order chi connectivity index (χ1) is 13.9. The van der Waals surface area contributed by atoms with Crippen molar-refractivity contribution in [3.8, 4) is 11.9 Å². The van der Waals surface area contributed by atoms with Gasteiger partial charge in [-0.1, -0.05) is 17.7 Å². The van der Waals surface area contributed by atoms with E-state index in [0.717, 1.165) is 16.2 Å². The zero-order valence-corrected chi connectivity index (χ0v) is 17.3. The Morgan fingerprint density at radius 3 is 2.72 bits per heavy atom. The average Bonchev–Trinajstić information content (AvgIpc) is 3.11. The molecule has 4 rings (SSSR count). The van der Waals surface area contributed by atoms with Crippen LogP contribution in [0.1, 0.15) is 36.6 Å². The summed E-state index contributed by atoms with van der Waals surface area (Å²) in [5.74, 6) is 0.374. The molecule has 1 aromatic heterocycles. The van der Waals surface area contributed by atoms with Crippen LogP contribution in [0.25, 0.3) is 0 Å². The molecule has 1 amide bonds. The fourth-order valence-electron chi connectivity index (χ4n) is 4.34. The third-order valence-electron chi connectivity index (χ3n) is 5.96. The van der Waals surface area contributed by atoms with E-state index in [9.17, 15) is 10.1 Å². The van der Waals surface area contributed by atoms with Crippen molar-refractivity contribution >= 4 is 23.6 Å². The van der Waals surface area contributed by atoms with E-state index >= 15 is 0 Å². The van der Waals surface area contributed by atoms with E-state index in [-0.39, 0.29) is 11.8 Å². The maximum atomic E-state index is 11.8. The van der Waals surface area contributed by atoms with Crippen molar-refractivity contribution in [3.63, 3.8) is 0 Å². The highest BCUT2D eigenvalue weighted by Gasteiger charge is 2.53. The number of benzene rings is 1. The molecule has 1 fully saturated rings. The number of hydrogen-bond acceptors (Lipinski definition) is 6. The Balaban J connectivity index is 1.67. The van der Waals surface area contributed by atoms with Gasteiger partial charge in [0.25, 0.3) is 0 Å². The number of carbonyl (C=O) groups excluding carboxylic acids is 1. The highest BCUT2D eigenvalue weighted by Crippen LogP contribution is 2.50. The maximum Gasteiger partial charge on any atom is 0.243 e. The number of aromatic nitrogens is 2. The van der Waals surface area contributed by atoms with Crippen molar-refractivity contribution in [2.75, 3.05) is 13.1 Å². The first kappa shape index (κ1) is 19.5. The Labute approximate surface area is 173 Å². The Kier molecular flexibility index (Phi) is 5.09. The molecule has 0 bridgehead atoms. The second-order valence-electron chi connectivity index (χ2n) is 7.67. The summed E-state index contributed by atoms with van der Waals surface area (Å²) in [6, 6.07) is 10.6. The lowest BCUT2D eigenvalue weighted by atomic mass is 9.63. The number of amides is 1. The number of nitrogens with one attached hydrogen (secondary N) is 2. The van der Waals surface area contributed by atoms with E-state index in [0.29, 0.717) is 37.6 Å². The Morgan fingerprint density at radius 1 is 1.41 bits per heavy atom. The number of thioether (sulfide) groups is 1. The fraction of sp³-hybridized carbons (Fsp3) is 0.429. The maximum absolute atomic E-state index is 11.8. The molecule has 1 unspecified atom stereocenters. The first-order valence-corrected chi connectivity index (χ1v) is 10.6. The second-order valence-corrected chi connectivity index (χ2v) is 8.72. The van der Waals surface area contributed by atoms with Gasteiger partial charge in [-0.2, -0.15) is 5.26 Å². The molecular formula is C21H23N5O2S. The van der Waals surface area contributed by atoms with Crippen LogP contribution in [-0.4, -0.2) is 40.0 Å². The molecule has 2 aliphatic rings. The minimum Gasteiger partial charge on any atom is -0.422 e. The number of rotatable bonds is 3. The number of aryl methyl sites for hydroxylation is 1. The average molecular weight is 410 g/mol. The van der Waals surface area contributed by atoms with Gasteiger partial charge in [-0.3, -0.25) is 15.3 Å². The molecule has 1 spiro atoms. The topological polar surface area (TPSA) is 106 Å². The molecule has 2 N–H and O–H groups in total. The van der Waals surface area contributed by atoms with Crippen molar-refractivity contribution in [1.29, 1.82) is 10.7 Å². The van der Waals surface area contributed by atoms with Crippen molar-refractivity contribution in [3.05, 3.63) is 41.1 Å². The molecule has 0 saturated carbocycles. The summed E-state index contributed by atoms with van der Waals surface area (Å²) in [5.41, 5.74) is 2.49. The number of aromatic amines is 1. The van der Waals surface area contributed by atoms with Crippen LogP contribution in [-0.2, 0) is 16.0 Å². The molecule has 0 radical (unpaired) electrons. The molecule has 0 aliphatic carbocycles. The van der Waals surface area contributed by atoms with Gasteiger partial charge in [-0.15, -0.1) is 16.9 Å². The van der Waals surface area contributed by atoms with Crippen molar-refractivity contribution < 1.29 is 9.53 Å². The summed E-state index contributed by atoms with van der Waals surface area (Å²) in [5, 5.41) is 25.5. The van der Waals surface area contributed by atoms with Gasteiger partial charge >= 0.3 is 0 Å². The van der Waals surface area contributed by atoms with Gasteiger partial charge in [0.1, 0.15) is 5.92 Å².